The summed E-state index contributed by atoms with van der Waals surface area (Å²) < 4.78 is 1.92. The van der Waals surface area contributed by atoms with E-state index >= 15 is 0 Å². The molecule has 1 aliphatic carbocycles. The number of amides is 1. The van der Waals surface area contributed by atoms with Crippen LogP contribution < -0.4 is 0 Å². The highest BCUT2D eigenvalue weighted by atomic mass is 32.1. The van der Waals surface area contributed by atoms with Crippen LogP contribution in [0.4, 0.5) is 0 Å². The van der Waals surface area contributed by atoms with Crippen molar-refractivity contribution in [2.24, 2.45) is 5.92 Å². The molecule has 0 saturated heterocycles. The van der Waals surface area contributed by atoms with Gasteiger partial charge in [0.25, 0.3) is 5.91 Å². The van der Waals surface area contributed by atoms with E-state index in [1.807, 2.05) is 40.0 Å². The fourth-order valence-corrected chi connectivity index (χ4v) is 4.06. The van der Waals surface area contributed by atoms with E-state index in [1.54, 1.807) is 0 Å². The third-order valence-corrected chi connectivity index (χ3v) is 5.53. The summed E-state index contributed by atoms with van der Waals surface area (Å²) in [6.45, 7) is 2.54. The molecule has 2 aliphatic rings. The molecule has 2 aromatic rings. The van der Waals surface area contributed by atoms with Crippen LogP contribution in [0.25, 0.3) is 0 Å². The van der Waals surface area contributed by atoms with Crippen molar-refractivity contribution in [3.8, 4) is 0 Å². The van der Waals surface area contributed by atoms with Crippen LogP contribution in [0.15, 0.2) is 11.4 Å². The molecule has 1 saturated carbocycles. The normalized spacial score (nSPS) is 18.5. The first kappa shape index (κ1) is 16.7. The summed E-state index contributed by atoms with van der Waals surface area (Å²) in [6.07, 6.45) is 1.69. The highest BCUT2D eigenvalue weighted by Gasteiger charge is 2.34. The molecule has 1 amide bonds. The van der Waals surface area contributed by atoms with E-state index in [4.69, 9.17) is 0 Å². The minimum absolute atomic E-state index is 0.0296. The molecule has 1 N–H and O–H groups in total. The Morgan fingerprint density at radius 2 is 2.24 bits per heavy atom. The summed E-state index contributed by atoms with van der Waals surface area (Å²) in [7, 11) is 3.98. The van der Waals surface area contributed by atoms with E-state index in [2.05, 4.69) is 10.1 Å². The molecule has 8 heteroatoms. The van der Waals surface area contributed by atoms with Crippen LogP contribution in [-0.4, -0.2) is 56.2 Å². The quantitative estimate of drug-likeness (QED) is 0.874. The van der Waals surface area contributed by atoms with Gasteiger partial charge in [-0.05, 0) is 38.9 Å². The van der Waals surface area contributed by atoms with Gasteiger partial charge >= 0.3 is 0 Å². The minimum Gasteiger partial charge on any atom is -0.386 e. The first-order valence-corrected chi connectivity index (χ1v) is 9.52. The highest BCUT2D eigenvalue weighted by Crippen LogP contribution is 2.40. The lowest BCUT2D eigenvalue weighted by molar-refractivity contribution is 0.0700. The Hall–Kier alpha value is -1.77. The number of nitrogens with zero attached hydrogens (tertiary/aromatic N) is 5. The number of aromatic nitrogens is 3. The highest BCUT2D eigenvalue weighted by molar-refractivity contribution is 7.09. The number of aliphatic hydroxyl groups is 1. The Balaban J connectivity index is 1.46. The lowest BCUT2D eigenvalue weighted by Crippen LogP contribution is -2.38. The molecule has 1 fully saturated rings. The van der Waals surface area contributed by atoms with E-state index in [0.717, 1.165) is 35.8 Å². The zero-order valence-corrected chi connectivity index (χ0v) is 15.4. The number of thiazole rings is 1. The van der Waals surface area contributed by atoms with Crippen molar-refractivity contribution in [1.82, 2.24) is 24.6 Å². The van der Waals surface area contributed by atoms with E-state index in [9.17, 15) is 9.90 Å². The number of aliphatic hydroxyl groups excluding tert-OH is 1. The largest absolute Gasteiger partial charge is 0.386 e. The van der Waals surface area contributed by atoms with Gasteiger partial charge in [0.05, 0.1) is 24.5 Å². The van der Waals surface area contributed by atoms with Crippen molar-refractivity contribution in [3.63, 3.8) is 0 Å². The Bertz CT molecular complexity index is 780. The second-order valence-corrected chi connectivity index (χ2v) is 8.10. The maximum Gasteiger partial charge on any atom is 0.273 e. The molecule has 2 aromatic heterocycles. The molecule has 1 aliphatic heterocycles. The fourth-order valence-electron chi connectivity index (χ4n) is 3.17. The maximum absolute atomic E-state index is 12.7. The standard InChI is InChI=1S/C17H23N5O2S/c1-20(2)9-15-18-14(10-25-15)17(24)21-5-6-22-12(8-21)7-13(19-22)16(23)11-3-4-11/h7,10-11,16,23H,3-6,8-9H2,1-2H3/t16-/m1/s1. The van der Waals surface area contributed by atoms with Crippen molar-refractivity contribution in [1.29, 1.82) is 0 Å². The SMILES string of the molecule is CN(C)Cc1nc(C(=O)N2CCn3nc([C@H](O)C4CC4)cc3C2)cs1. The molecule has 7 nitrogen and oxygen atoms in total. The van der Waals surface area contributed by atoms with Gasteiger partial charge in [-0.1, -0.05) is 0 Å². The number of fused-ring (bicyclic) bond motifs is 1. The van der Waals surface area contributed by atoms with E-state index in [-0.39, 0.29) is 5.91 Å². The molecular formula is C17H23N5O2S. The zero-order chi connectivity index (χ0) is 17.6. The van der Waals surface area contributed by atoms with Gasteiger partial charge in [0.15, 0.2) is 0 Å². The monoisotopic (exact) mass is 361 g/mol. The van der Waals surface area contributed by atoms with Crippen molar-refractivity contribution in [3.05, 3.63) is 33.5 Å². The fraction of sp³-hybridized carbons (Fsp3) is 0.588. The Morgan fingerprint density at radius 1 is 1.44 bits per heavy atom. The predicted octanol–water partition coefficient (Wildman–Crippen LogP) is 1.50. The van der Waals surface area contributed by atoms with Crippen LogP contribution in [0.1, 0.15) is 45.8 Å². The van der Waals surface area contributed by atoms with Gasteiger partial charge in [0.1, 0.15) is 16.8 Å². The van der Waals surface area contributed by atoms with Crippen molar-refractivity contribution >= 4 is 17.2 Å². The molecule has 4 rings (SSSR count). The molecule has 0 bridgehead atoms. The van der Waals surface area contributed by atoms with Gasteiger partial charge in [0.2, 0.25) is 0 Å². The van der Waals surface area contributed by atoms with Crippen molar-refractivity contribution in [2.75, 3.05) is 20.6 Å². The van der Waals surface area contributed by atoms with Crippen LogP contribution in [-0.2, 0) is 19.6 Å². The number of hydrogen-bond acceptors (Lipinski definition) is 6. The summed E-state index contributed by atoms with van der Waals surface area (Å²) in [5, 5.41) is 17.6. The van der Waals surface area contributed by atoms with Crippen LogP contribution in [0, 0.1) is 5.92 Å². The van der Waals surface area contributed by atoms with E-state index in [0.29, 0.717) is 31.2 Å². The topological polar surface area (TPSA) is 74.5 Å². The molecular weight excluding hydrogens is 338 g/mol. The van der Waals surface area contributed by atoms with Gasteiger partial charge in [0, 0.05) is 18.5 Å². The van der Waals surface area contributed by atoms with Crippen molar-refractivity contribution in [2.45, 2.75) is 38.6 Å². The molecule has 0 aromatic carbocycles. The average Bonchev–Trinajstić information content (AvgIpc) is 3.18. The van der Waals surface area contributed by atoms with Gasteiger partial charge in [-0.25, -0.2) is 4.98 Å². The predicted molar refractivity (Wildman–Crippen MR) is 94.2 cm³/mol. The van der Waals surface area contributed by atoms with Crippen molar-refractivity contribution < 1.29 is 9.90 Å². The molecule has 25 heavy (non-hydrogen) atoms. The molecule has 0 spiro atoms. The van der Waals surface area contributed by atoms with Crippen LogP contribution in [0.2, 0.25) is 0 Å². The number of hydrogen-bond donors (Lipinski definition) is 1. The second kappa shape index (κ2) is 6.51. The molecule has 0 unspecified atom stereocenters. The van der Waals surface area contributed by atoms with Crippen LogP contribution >= 0.6 is 11.3 Å². The third-order valence-electron chi connectivity index (χ3n) is 4.70. The summed E-state index contributed by atoms with van der Waals surface area (Å²) in [5.41, 5.74) is 2.25. The number of carbonyl (C=O) groups is 1. The number of rotatable bonds is 5. The van der Waals surface area contributed by atoms with Gasteiger partial charge in [-0.3, -0.25) is 9.48 Å². The molecule has 1 atom stereocenters. The molecule has 0 radical (unpaired) electrons. The Labute approximate surface area is 150 Å². The second-order valence-electron chi connectivity index (χ2n) is 7.16. The summed E-state index contributed by atoms with van der Waals surface area (Å²) in [6, 6.07) is 1.95. The summed E-state index contributed by atoms with van der Waals surface area (Å²) >= 11 is 1.52. The lowest BCUT2D eigenvalue weighted by atomic mass is 10.1. The van der Waals surface area contributed by atoms with Gasteiger partial charge < -0.3 is 14.9 Å². The molecule has 3 heterocycles. The average molecular weight is 361 g/mol. The summed E-state index contributed by atoms with van der Waals surface area (Å²) in [5.74, 6) is 0.331. The summed E-state index contributed by atoms with van der Waals surface area (Å²) in [4.78, 5) is 21.1. The maximum atomic E-state index is 12.7. The van der Waals surface area contributed by atoms with Gasteiger partial charge in [-0.15, -0.1) is 11.3 Å². The lowest BCUT2D eigenvalue weighted by Gasteiger charge is -2.27. The number of carbonyl (C=O) groups excluding carboxylic acids is 1. The Morgan fingerprint density at radius 3 is 2.96 bits per heavy atom. The first-order valence-electron chi connectivity index (χ1n) is 8.64. The third kappa shape index (κ3) is 3.47. The smallest absolute Gasteiger partial charge is 0.273 e. The van der Waals surface area contributed by atoms with E-state index in [1.165, 1.54) is 11.3 Å². The van der Waals surface area contributed by atoms with Gasteiger partial charge in [-0.2, -0.15) is 5.10 Å². The minimum atomic E-state index is -0.464. The van der Waals surface area contributed by atoms with Crippen LogP contribution in [0.5, 0.6) is 0 Å². The van der Waals surface area contributed by atoms with E-state index < -0.39 is 6.10 Å². The Kier molecular flexibility index (Phi) is 4.35. The molecule has 134 valence electrons. The first-order chi connectivity index (χ1) is 12.0. The zero-order valence-electron chi connectivity index (χ0n) is 14.6. The van der Waals surface area contributed by atoms with Crippen LogP contribution in [0.3, 0.4) is 0 Å².